The zero-order valence-corrected chi connectivity index (χ0v) is 25.9. The Kier molecular flexibility index (Phi) is 7.38. The van der Waals surface area contributed by atoms with Crippen molar-refractivity contribution in [2.24, 2.45) is 0 Å². The molecule has 0 amide bonds. The molecule has 4 aromatic carbocycles. The number of thiophene rings is 1. The van der Waals surface area contributed by atoms with Gasteiger partial charge in [0.1, 0.15) is 5.00 Å². The lowest BCUT2D eigenvalue weighted by Crippen LogP contribution is -2.30. The maximum Gasteiger partial charge on any atom is 0.251 e. The predicted octanol–water partition coefficient (Wildman–Crippen LogP) is 9.06. The van der Waals surface area contributed by atoms with Crippen molar-refractivity contribution in [2.75, 3.05) is 4.90 Å². The molecule has 2 heterocycles. The summed E-state index contributed by atoms with van der Waals surface area (Å²) in [6.07, 6.45) is 2.07. The molecule has 0 N–H and O–H groups in total. The highest BCUT2D eigenvalue weighted by Crippen LogP contribution is 2.49. The van der Waals surface area contributed by atoms with Crippen molar-refractivity contribution in [3.05, 3.63) is 166 Å². The first kappa shape index (κ1) is 27.9. The number of anilines is 3. The number of allylic oxidation sites excluding steroid dienone is 3. The molecule has 4 nitrogen and oxygen atoms in total. The average molecular weight is 609 g/mol. The van der Waals surface area contributed by atoms with Crippen molar-refractivity contribution >= 4 is 67.2 Å². The van der Waals surface area contributed by atoms with E-state index in [1.54, 1.807) is 0 Å². The summed E-state index contributed by atoms with van der Waals surface area (Å²) < 4.78 is 2.16. The molecule has 1 aromatic heterocycles. The van der Waals surface area contributed by atoms with Crippen LogP contribution in [0.4, 0.5) is 27.8 Å². The lowest BCUT2D eigenvalue weighted by Gasteiger charge is -2.31. The van der Waals surface area contributed by atoms with E-state index in [4.69, 9.17) is 0 Å². The highest BCUT2D eigenvalue weighted by Gasteiger charge is 2.37. The van der Waals surface area contributed by atoms with Gasteiger partial charge < -0.3 is 10.0 Å². The molecule has 0 saturated carbocycles. The summed E-state index contributed by atoms with van der Waals surface area (Å²) in [5, 5.41) is 15.7. The first-order valence-electron chi connectivity index (χ1n) is 14.4. The van der Waals surface area contributed by atoms with Gasteiger partial charge in [-0.25, -0.2) is 0 Å². The van der Waals surface area contributed by atoms with Crippen LogP contribution in [0.3, 0.4) is 0 Å². The van der Waals surface area contributed by atoms with Crippen molar-refractivity contribution in [3.8, 4) is 0 Å². The highest BCUT2D eigenvalue weighted by atomic mass is 32.2. The summed E-state index contributed by atoms with van der Waals surface area (Å²) in [6, 6.07) is 42.6. The average Bonchev–Trinajstić information content (AvgIpc) is 3.61. The summed E-state index contributed by atoms with van der Waals surface area (Å²) in [5.41, 5.74) is 6.45. The topological polar surface area (TPSA) is 46.4 Å². The van der Waals surface area contributed by atoms with E-state index >= 15 is 0 Å². The van der Waals surface area contributed by atoms with Crippen LogP contribution < -0.4 is 14.6 Å². The molecule has 0 fully saturated rings. The molecular weight excluding hydrogens is 581 g/mol. The van der Waals surface area contributed by atoms with E-state index in [2.05, 4.69) is 70.1 Å². The second-order valence-electron chi connectivity index (χ2n) is 10.6. The molecule has 0 saturated heterocycles. The normalized spacial score (nSPS) is 16.2. The second-order valence-corrected chi connectivity index (χ2v) is 12.7. The van der Waals surface area contributed by atoms with E-state index < -0.39 is 0 Å². The highest BCUT2D eigenvalue weighted by molar-refractivity contribution is 8.18. The van der Waals surface area contributed by atoms with Gasteiger partial charge in [0.2, 0.25) is 11.4 Å². The Hall–Kier alpha value is -4.91. The Morgan fingerprint density at radius 1 is 0.682 bits per heavy atom. The number of carbonyl (C=O) groups is 1. The first-order chi connectivity index (χ1) is 21.5. The van der Waals surface area contributed by atoms with Gasteiger partial charge in [0.05, 0.1) is 0 Å². The van der Waals surface area contributed by atoms with E-state index in [-0.39, 0.29) is 22.7 Å². The maximum atomic E-state index is 13.8. The largest absolute Gasteiger partial charge is 0.871 e. The molecule has 0 radical (unpaired) electrons. The van der Waals surface area contributed by atoms with Crippen LogP contribution in [-0.2, 0) is 4.79 Å². The van der Waals surface area contributed by atoms with Crippen LogP contribution in [0.25, 0.3) is 5.57 Å². The first-order valence-corrected chi connectivity index (χ1v) is 16.0. The van der Waals surface area contributed by atoms with E-state index in [1.807, 2.05) is 86.6 Å². The number of aryl methyl sites for hydroxylation is 1. The van der Waals surface area contributed by atoms with Gasteiger partial charge in [-0.1, -0.05) is 78.6 Å². The van der Waals surface area contributed by atoms with E-state index in [9.17, 15) is 9.90 Å². The third-order valence-electron chi connectivity index (χ3n) is 7.67. The van der Waals surface area contributed by atoms with Gasteiger partial charge in [-0.15, -0.1) is 15.9 Å². The molecule has 1 aliphatic carbocycles. The molecule has 0 unspecified atom stereocenters. The molecule has 214 valence electrons. The molecule has 44 heavy (non-hydrogen) atoms. The Labute approximate surface area is 265 Å². The molecule has 1 aliphatic heterocycles. The summed E-state index contributed by atoms with van der Waals surface area (Å²) in [5.74, 6) is -0.361. The lowest BCUT2D eigenvalue weighted by molar-refractivity contribution is -0.297. The van der Waals surface area contributed by atoms with Crippen molar-refractivity contribution in [3.63, 3.8) is 0 Å². The van der Waals surface area contributed by atoms with Crippen LogP contribution in [0.2, 0.25) is 0 Å². The Balaban J connectivity index is 1.29. The monoisotopic (exact) mass is 608 g/mol. The smallest absolute Gasteiger partial charge is 0.251 e. The van der Waals surface area contributed by atoms with Crippen LogP contribution in [0.15, 0.2) is 155 Å². The van der Waals surface area contributed by atoms with Crippen molar-refractivity contribution in [1.82, 2.24) is 4.58 Å². The molecule has 0 spiro atoms. The van der Waals surface area contributed by atoms with Crippen LogP contribution in [0, 0.1) is 6.92 Å². The Bertz CT molecular complexity index is 1930. The number of para-hydroxylation sites is 4. The molecule has 6 heteroatoms. The quantitative estimate of drug-likeness (QED) is 0.143. The number of carbonyl (C=O) groups excluding carboxylic acids is 1. The third kappa shape index (κ3) is 4.92. The third-order valence-corrected chi connectivity index (χ3v) is 10.1. The number of Topliss-reactive ketones (excluding diaryl/α,β-unsaturated/α-hetero) is 1. The van der Waals surface area contributed by atoms with Gasteiger partial charge in [0.15, 0.2) is 5.78 Å². The zero-order chi connectivity index (χ0) is 30.2. The minimum atomic E-state index is -0.181. The van der Waals surface area contributed by atoms with Crippen LogP contribution in [-0.4, -0.2) is 10.8 Å². The van der Waals surface area contributed by atoms with Crippen LogP contribution >= 0.6 is 23.1 Å². The van der Waals surface area contributed by atoms with Crippen LogP contribution in [0.5, 0.6) is 0 Å². The van der Waals surface area contributed by atoms with Gasteiger partial charge >= 0.3 is 0 Å². The fourth-order valence-corrected chi connectivity index (χ4v) is 8.08. The van der Waals surface area contributed by atoms with Gasteiger partial charge in [0, 0.05) is 62.6 Å². The van der Waals surface area contributed by atoms with E-state index in [1.165, 1.54) is 23.1 Å². The molecule has 7 rings (SSSR count). The Morgan fingerprint density at radius 3 is 1.68 bits per heavy atom. The summed E-state index contributed by atoms with van der Waals surface area (Å²) in [6.45, 7) is 3.95. The number of hydrogen-bond donors (Lipinski definition) is 0. The van der Waals surface area contributed by atoms with Crippen molar-refractivity contribution < 1.29 is 9.90 Å². The van der Waals surface area contributed by atoms with Crippen molar-refractivity contribution in [2.45, 2.75) is 13.8 Å². The summed E-state index contributed by atoms with van der Waals surface area (Å²) >= 11 is 2.97. The number of hydrogen-bond acceptors (Lipinski definition) is 5. The van der Waals surface area contributed by atoms with E-state index in [0.29, 0.717) is 0 Å². The minimum Gasteiger partial charge on any atom is -0.871 e. The fourth-order valence-electron chi connectivity index (χ4n) is 5.57. The number of benzene rings is 4. The molecule has 0 bridgehead atoms. The Morgan fingerprint density at radius 2 is 1.18 bits per heavy atom. The molecular formula is C38H28N2O2S2. The van der Waals surface area contributed by atoms with Crippen molar-refractivity contribution in [1.29, 1.82) is 0 Å². The number of ketones is 1. The van der Waals surface area contributed by atoms with E-state index in [0.717, 1.165) is 53.7 Å². The second kappa shape index (κ2) is 11.6. The zero-order valence-electron chi connectivity index (χ0n) is 24.2. The summed E-state index contributed by atoms with van der Waals surface area (Å²) in [4.78, 5) is 17.4. The fraction of sp³-hybridized carbons (Fsp3) is 0.0526. The van der Waals surface area contributed by atoms with Gasteiger partial charge in [-0.2, -0.15) is 0 Å². The van der Waals surface area contributed by atoms with Gasteiger partial charge in [0.25, 0.3) is 5.04 Å². The predicted molar refractivity (Wildman–Crippen MR) is 183 cm³/mol. The SMILES string of the molecule is CC1=CC(=[N+](c2ccccc2)c2ccccc2)S/C1=C1/C(=O)C(c2sc(N(c3ccccc3)c3ccccc3)cc2C)=C1[O-]. The van der Waals surface area contributed by atoms with Crippen LogP contribution in [0.1, 0.15) is 17.4 Å². The number of rotatable bonds is 6. The van der Waals surface area contributed by atoms with Gasteiger partial charge in [-0.05, 0) is 67.1 Å². The molecule has 2 aliphatic rings. The lowest BCUT2D eigenvalue weighted by atomic mass is 9.85. The molecule has 0 atom stereocenters. The maximum absolute atomic E-state index is 13.8. The minimum absolute atomic E-state index is 0.181. The number of nitrogens with zero attached hydrogens (tertiary/aromatic N) is 2. The molecule has 5 aromatic rings. The summed E-state index contributed by atoms with van der Waals surface area (Å²) in [7, 11) is 0. The van der Waals surface area contributed by atoms with Gasteiger partial charge in [-0.3, -0.25) is 4.79 Å². The standard InChI is InChI=1S/C38H28N2O2S2/c1-25-23-31(39(27-15-7-3-8-16-27)28-17-9-4-10-18-28)43-37(25)33-35(41)34(36(33)42)38-26(2)24-32(44-38)40(29-19-11-5-12-20-29)30-21-13-6-14-22-30/h3-24H,1-2H3. The number of thioether (sulfide) groups is 1.